The molecule has 0 bridgehead atoms. The Morgan fingerprint density at radius 3 is 2.16 bits per heavy atom. The summed E-state index contributed by atoms with van der Waals surface area (Å²) in [6.45, 7) is 0. The number of ether oxygens (including phenoxy) is 1. The minimum atomic E-state index is -0.632. The fraction of sp³-hybridized carbons (Fsp3) is 0.647. The second-order valence-electron chi connectivity index (χ2n) is 6.22. The molecule has 0 amide bonds. The molecule has 104 valence electrons. The third-order valence-electron chi connectivity index (χ3n) is 5.12. The maximum atomic E-state index is 10.8. The van der Waals surface area contributed by atoms with Crippen molar-refractivity contribution in [2.75, 3.05) is 7.11 Å². The molecular formula is C17H24O2. The molecule has 0 aliphatic heterocycles. The van der Waals surface area contributed by atoms with Gasteiger partial charge >= 0.3 is 0 Å². The molecule has 2 nitrogen and oxygen atoms in total. The molecule has 19 heavy (non-hydrogen) atoms. The lowest BCUT2D eigenvalue weighted by Gasteiger charge is -2.36. The van der Waals surface area contributed by atoms with Crippen molar-refractivity contribution in [3.8, 4) is 0 Å². The standard InChI is InChI=1S/C17H24O2/c1-19-16-9-11-17(18,12-10-16)15-7-5-14(6-8-15)13-3-2-4-13/h5-8,13,16,18H,2-4,9-12H2,1H3. The molecule has 2 fully saturated rings. The van der Waals surface area contributed by atoms with E-state index >= 15 is 0 Å². The normalized spacial score (nSPS) is 32.0. The van der Waals surface area contributed by atoms with Gasteiger partial charge in [0.1, 0.15) is 0 Å². The van der Waals surface area contributed by atoms with Gasteiger partial charge in [0.15, 0.2) is 0 Å². The van der Waals surface area contributed by atoms with Crippen LogP contribution in [0.5, 0.6) is 0 Å². The van der Waals surface area contributed by atoms with E-state index in [9.17, 15) is 5.11 Å². The van der Waals surface area contributed by atoms with Crippen LogP contribution in [-0.4, -0.2) is 18.3 Å². The molecule has 2 heteroatoms. The summed E-state index contributed by atoms with van der Waals surface area (Å²) in [6, 6.07) is 8.72. The van der Waals surface area contributed by atoms with Crippen LogP contribution in [-0.2, 0) is 10.3 Å². The monoisotopic (exact) mass is 260 g/mol. The van der Waals surface area contributed by atoms with E-state index in [4.69, 9.17) is 4.74 Å². The Kier molecular flexibility index (Phi) is 3.64. The Morgan fingerprint density at radius 2 is 1.68 bits per heavy atom. The third kappa shape index (κ3) is 2.56. The van der Waals surface area contributed by atoms with Crippen LogP contribution in [0.4, 0.5) is 0 Å². The van der Waals surface area contributed by atoms with Crippen molar-refractivity contribution < 1.29 is 9.84 Å². The van der Waals surface area contributed by atoms with Gasteiger partial charge in [0.2, 0.25) is 0 Å². The molecule has 3 rings (SSSR count). The minimum absolute atomic E-state index is 0.328. The van der Waals surface area contributed by atoms with Gasteiger partial charge < -0.3 is 9.84 Å². The Labute approximate surface area is 115 Å². The Morgan fingerprint density at radius 1 is 1.05 bits per heavy atom. The van der Waals surface area contributed by atoms with Crippen LogP contribution < -0.4 is 0 Å². The molecule has 0 saturated heterocycles. The first kappa shape index (κ1) is 13.1. The zero-order valence-electron chi connectivity index (χ0n) is 11.8. The highest BCUT2D eigenvalue weighted by Crippen LogP contribution is 2.40. The first-order valence-electron chi connectivity index (χ1n) is 7.57. The molecule has 0 heterocycles. The number of benzene rings is 1. The van der Waals surface area contributed by atoms with Gasteiger partial charge in [-0.15, -0.1) is 0 Å². The predicted octanol–water partition coefficient (Wildman–Crippen LogP) is 3.73. The van der Waals surface area contributed by atoms with E-state index in [0.29, 0.717) is 6.10 Å². The molecule has 2 saturated carbocycles. The fourth-order valence-corrected chi connectivity index (χ4v) is 3.40. The van der Waals surface area contributed by atoms with Gasteiger partial charge in [0, 0.05) is 7.11 Å². The number of hydrogen-bond acceptors (Lipinski definition) is 2. The van der Waals surface area contributed by atoms with Crippen LogP contribution >= 0.6 is 0 Å². The van der Waals surface area contributed by atoms with Crippen LogP contribution in [0, 0.1) is 0 Å². The summed E-state index contributed by atoms with van der Waals surface area (Å²) < 4.78 is 5.38. The van der Waals surface area contributed by atoms with Crippen molar-refractivity contribution >= 4 is 0 Å². The molecule has 0 radical (unpaired) electrons. The number of rotatable bonds is 3. The largest absolute Gasteiger partial charge is 0.385 e. The van der Waals surface area contributed by atoms with Crippen molar-refractivity contribution in [2.24, 2.45) is 0 Å². The summed E-state index contributed by atoms with van der Waals surface area (Å²) in [4.78, 5) is 0. The quantitative estimate of drug-likeness (QED) is 0.897. The van der Waals surface area contributed by atoms with Crippen LogP contribution in [0.2, 0.25) is 0 Å². The smallest absolute Gasteiger partial charge is 0.0898 e. The van der Waals surface area contributed by atoms with Crippen molar-refractivity contribution in [2.45, 2.75) is 62.6 Å². The summed E-state index contributed by atoms with van der Waals surface area (Å²) in [5.41, 5.74) is 1.90. The van der Waals surface area contributed by atoms with Gasteiger partial charge in [0.05, 0.1) is 11.7 Å². The lowest BCUT2D eigenvalue weighted by Crippen LogP contribution is -2.34. The van der Waals surface area contributed by atoms with E-state index in [2.05, 4.69) is 24.3 Å². The number of hydrogen-bond donors (Lipinski definition) is 1. The lowest BCUT2D eigenvalue weighted by atomic mass is 9.76. The van der Waals surface area contributed by atoms with Gasteiger partial charge in [-0.3, -0.25) is 0 Å². The molecule has 0 aromatic heterocycles. The zero-order chi connectivity index (χ0) is 13.3. The second kappa shape index (κ2) is 5.26. The van der Waals surface area contributed by atoms with Gasteiger partial charge in [-0.05, 0) is 55.6 Å². The van der Waals surface area contributed by atoms with E-state index in [1.165, 1.54) is 24.8 Å². The van der Waals surface area contributed by atoms with Gasteiger partial charge in [-0.1, -0.05) is 30.7 Å². The molecule has 2 aliphatic rings. The van der Waals surface area contributed by atoms with Crippen molar-refractivity contribution in [1.82, 2.24) is 0 Å². The molecule has 0 unspecified atom stereocenters. The van der Waals surface area contributed by atoms with E-state index in [0.717, 1.165) is 37.2 Å². The topological polar surface area (TPSA) is 29.5 Å². The number of methoxy groups -OCH3 is 1. The Bertz CT molecular complexity index is 411. The van der Waals surface area contributed by atoms with Crippen molar-refractivity contribution in [3.05, 3.63) is 35.4 Å². The summed E-state index contributed by atoms with van der Waals surface area (Å²) in [5, 5.41) is 10.8. The van der Waals surface area contributed by atoms with Crippen LogP contribution in [0.25, 0.3) is 0 Å². The summed E-state index contributed by atoms with van der Waals surface area (Å²) in [5.74, 6) is 0.771. The maximum Gasteiger partial charge on any atom is 0.0898 e. The molecular weight excluding hydrogens is 236 g/mol. The SMILES string of the molecule is COC1CCC(O)(c2ccc(C3CCC3)cc2)CC1. The number of aliphatic hydroxyl groups is 1. The lowest BCUT2D eigenvalue weighted by molar-refractivity contribution is -0.0474. The summed E-state index contributed by atoms with van der Waals surface area (Å²) in [7, 11) is 1.77. The summed E-state index contributed by atoms with van der Waals surface area (Å²) >= 11 is 0. The summed E-state index contributed by atoms with van der Waals surface area (Å²) in [6.07, 6.45) is 7.90. The van der Waals surface area contributed by atoms with Gasteiger partial charge in [-0.2, -0.15) is 0 Å². The zero-order valence-corrected chi connectivity index (χ0v) is 11.8. The first-order chi connectivity index (χ1) is 9.21. The highest BCUT2D eigenvalue weighted by molar-refractivity contribution is 5.30. The molecule has 2 aliphatic carbocycles. The predicted molar refractivity (Wildman–Crippen MR) is 76.2 cm³/mol. The van der Waals surface area contributed by atoms with E-state index in [1.54, 1.807) is 7.11 Å². The van der Waals surface area contributed by atoms with E-state index in [1.807, 2.05) is 0 Å². The maximum absolute atomic E-state index is 10.8. The second-order valence-corrected chi connectivity index (χ2v) is 6.22. The third-order valence-corrected chi connectivity index (χ3v) is 5.12. The van der Waals surface area contributed by atoms with Gasteiger partial charge in [0.25, 0.3) is 0 Å². The molecule has 1 aromatic rings. The van der Waals surface area contributed by atoms with E-state index in [-0.39, 0.29) is 0 Å². The van der Waals surface area contributed by atoms with Crippen LogP contribution in [0.1, 0.15) is 62.0 Å². The highest BCUT2D eigenvalue weighted by atomic mass is 16.5. The van der Waals surface area contributed by atoms with Crippen LogP contribution in [0.3, 0.4) is 0 Å². The van der Waals surface area contributed by atoms with E-state index < -0.39 is 5.60 Å². The highest BCUT2D eigenvalue weighted by Gasteiger charge is 2.34. The molecule has 1 N–H and O–H groups in total. The molecule has 1 aromatic carbocycles. The Balaban J connectivity index is 1.70. The first-order valence-corrected chi connectivity index (χ1v) is 7.57. The average Bonchev–Trinajstić information content (AvgIpc) is 2.38. The van der Waals surface area contributed by atoms with Crippen LogP contribution in [0.15, 0.2) is 24.3 Å². The molecule has 0 atom stereocenters. The Hall–Kier alpha value is -0.860. The van der Waals surface area contributed by atoms with Crippen molar-refractivity contribution in [3.63, 3.8) is 0 Å². The molecule has 0 spiro atoms. The van der Waals surface area contributed by atoms with Crippen molar-refractivity contribution in [1.29, 1.82) is 0 Å². The fourth-order valence-electron chi connectivity index (χ4n) is 3.40. The van der Waals surface area contributed by atoms with Gasteiger partial charge in [-0.25, -0.2) is 0 Å². The average molecular weight is 260 g/mol. The minimum Gasteiger partial charge on any atom is -0.385 e.